The summed E-state index contributed by atoms with van der Waals surface area (Å²) < 4.78 is 13.4. The fraction of sp³-hybridized carbons (Fsp3) is 0.125. The Balaban J connectivity index is 1.95. The second-order valence-electron chi connectivity index (χ2n) is 4.62. The molecule has 2 aromatic rings. The molecule has 0 spiro atoms. The SMILES string of the molecule is C[C@H](O/N=C\c1ccccc1F)C(=O)Nc1cc(Cl)ccc1Cl. The number of halogens is 3. The molecular formula is C16H13Cl2FN2O2. The number of rotatable bonds is 5. The Morgan fingerprint density at radius 2 is 2.04 bits per heavy atom. The fourth-order valence-electron chi connectivity index (χ4n) is 1.63. The summed E-state index contributed by atoms with van der Waals surface area (Å²) in [5.74, 6) is -0.887. The first-order valence-electron chi connectivity index (χ1n) is 6.67. The van der Waals surface area contributed by atoms with Gasteiger partial charge < -0.3 is 10.2 Å². The first-order chi connectivity index (χ1) is 11.0. The Morgan fingerprint density at radius 3 is 2.78 bits per heavy atom. The normalized spacial score (nSPS) is 12.2. The zero-order valence-corrected chi connectivity index (χ0v) is 13.6. The molecular weight excluding hydrogens is 342 g/mol. The van der Waals surface area contributed by atoms with Crippen LogP contribution in [0.1, 0.15) is 12.5 Å². The first-order valence-corrected chi connectivity index (χ1v) is 7.42. The van der Waals surface area contributed by atoms with Crippen LogP contribution >= 0.6 is 23.2 Å². The second-order valence-corrected chi connectivity index (χ2v) is 5.46. The van der Waals surface area contributed by atoms with E-state index in [0.717, 1.165) is 0 Å². The van der Waals surface area contributed by atoms with Crippen LogP contribution < -0.4 is 5.32 Å². The van der Waals surface area contributed by atoms with Crippen molar-refractivity contribution in [3.63, 3.8) is 0 Å². The Morgan fingerprint density at radius 1 is 1.30 bits per heavy atom. The molecule has 1 amide bonds. The largest absolute Gasteiger partial charge is 0.383 e. The van der Waals surface area contributed by atoms with Crippen molar-refractivity contribution >= 4 is 41.0 Å². The van der Waals surface area contributed by atoms with Gasteiger partial charge in [-0.05, 0) is 31.2 Å². The first kappa shape index (κ1) is 17.2. The topological polar surface area (TPSA) is 50.7 Å². The van der Waals surface area contributed by atoms with Crippen LogP contribution in [0.4, 0.5) is 10.1 Å². The number of hydrogen-bond acceptors (Lipinski definition) is 3. The molecule has 0 saturated carbocycles. The molecule has 0 radical (unpaired) electrons. The van der Waals surface area contributed by atoms with Crippen molar-refractivity contribution < 1.29 is 14.0 Å². The van der Waals surface area contributed by atoms with E-state index in [4.69, 9.17) is 28.0 Å². The van der Waals surface area contributed by atoms with E-state index in [0.29, 0.717) is 15.7 Å². The maximum atomic E-state index is 13.4. The average Bonchev–Trinajstić information content (AvgIpc) is 2.52. The van der Waals surface area contributed by atoms with Crippen LogP contribution in [0.25, 0.3) is 0 Å². The number of nitrogens with one attached hydrogen (secondary N) is 1. The van der Waals surface area contributed by atoms with E-state index in [9.17, 15) is 9.18 Å². The van der Waals surface area contributed by atoms with E-state index in [1.165, 1.54) is 25.3 Å². The lowest BCUT2D eigenvalue weighted by Gasteiger charge is -2.11. The summed E-state index contributed by atoms with van der Waals surface area (Å²) in [5, 5.41) is 6.99. The van der Waals surface area contributed by atoms with Crippen LogP contribution in [0.2, 0.25) is 10.0 Å². The molecule has 0 aliphatic heterocycles. The van der Waals surface area contributed by atoms with Crippen molar-refractivity contribution in [2.24, 2.45) is 5.16 Å². The Hall–Kier alpha value is -2.11. The number of benzene rings is 2. The molecule has 1 N–H and O–H groups in total. The highest BCUT2D eigenvalue weighted by Crippen LogP contribution is 2.25. The molecule has 0 aromatic heterocycles. The molecule has 2 rings (SSSR count). The highest BCUT2D eigenvalue weighted by Gasteiger charge is 2.15. The van der Waals surface area contributed by atoms with Gasteiger partial charge in [-0.1, -0.05) is 46.6 Å². The van der Waals surface area contributed by atoms with E-state index < -0.39 is 17.8 Å². The number of carbonyl (C=O) groups excluding carboxylic acids is 1. The van der Waals surface area contributed by atoms with Gasteiger partial charge in [-0.15, -0.1) is 0 Å². The van der Waals surface area contributed by atoms with Crippen LogP contribution in [0.15, 0.2) is 47.6 Å². The third-order valence-electron chi connectivity index (χ3n) is 2.87. The summed E-state index contributed by atoms with van der Waals surface area (Å²) in [6.45, 7) is 1.51. The molecule has 0 fully saturated rings. The third-order valence-corrected chi connectivity index (χ3v) is 3.44. The molecule has 7 heteroatoms. The van der Waals surface area contributed by atoms with Gasteiger partial charge in [0, 0.05) is 10.6 Å². The predicted octanol–water partition coefficient (Wildman–Crippen LogP) is 4.51. The van der Waals surface area contributed by atoms with E-state index in [1.807, 2.05) is 0 Å². The molecule has 0 heterocycles. The van der Waals surface area contributed by atoms with Crippen molar-refractivity contribution in [2.75, 3.05) is 5.32 Å². The van der Waals surface area contributed by atoms with Gasteiger partial charge in [-0.2, -0.15) is 0 Å². The Labute approximate surface area is 142 Å². The lowest BCUT2D eigenvalue weighted by molar-refractivity contribution is -0.126. The Bertz CT molecular complexity index is 738. The average molecular weight is 355 g/mol. The predicted molar refractivity (Wildman–Crippen MR) is 89.6 cm³/mol. The van der Waals surface area contributed by atoms with Gasteiger partial charge in [0.25, 0.3) is 5.91 Å². The van der Waals surface area contributed by atoms with Gasteiger partial charge in [-0.25, -0.2) is 4.39 Å². The van der Waals surface area contributed by atoms with Gasteiger partial charge in [0.1, 0.15) is 5.82 Å². The molecule has 0 aliphatic carbocycles. The van der Waals surface area contributed by atoms with Crippen molar-refractivity contribution in [3.05, 3.63) is 63.9 Å². The molecule has 23 heavy (non-hydrogen) atoms. The summed E-state index contributed by atoms with van der Waals surface area (Å²) in [5.41, 5.74) is 0.635. The molecule has 0 unspecified atom stereocenters. The number of oxime groups is 1. The zero-order valence-electron chi connectivity index (χ0n) is 12.1. The second kappa shape index (κ2) is 7.94. The van der Waals surface area contributed by atoms with Crippen LogP contribution in [0.3, 0.4) is 0 Å². The summed E-state index contributed by atoms with van der Waals surface area (Å²) in [4.78, 5) is 17.0. The molecule has 1 atom stereocenters. The molecule has 4 nitrogen and oxygen atoms in total. The standard InChI is InChI=1S/C16H13Cl2FN2O2/c1-10(23-20-9-11-4-2-3-5-14(11)19)16(22)21-15-8-12(17)6-7-13(15)18/h2-10H,1H3,(H,21,22)/b20-9-/t10-/m0/s1. The highest BCUT2D eigenvalue weighted by atomic mass is 35.5. The molecule has 0 saturated heterocycles. The van der Waals surface area contributed by atoms with Crippen molar-refractivity contribution in [3.8, 4) is 0 Å². The van der Waals surface area contributed by atoms with Crippen molar-refractivity contribution in [1.29, 1.82) is 0 Å². The van der Waals surface area contributed by atoms with E-state index in [1.54, 1.807) is 30.3 Å². The minimum absolute atomic E-state index is 0.262. The van der Waals surface area contributed by atoms with Crippen molar-refractivity contribution in [1.82, 2.24) is 0 Å². The van der Waals surface area contributed by atoms with Gasteiger partial charge in [0.2, 0.25) is 6.10 Å². The van der Waals surface area contributed by atoms with Gasteiger partial charge in [0.15, 0.2) is 0 Å². The van der Waals surface area contributed by atoms with E-state index in [-0.39, 0.29) is 5.56 Å². The van der Waals surface area contributed by atoms with Gasteiger partial charge >= 0.3 is 0 Å². The quantitative estimate of drug-likeness (QED) is 0.634. The highest BCUT2D eigenvalue weighted by molar-refractivity contribution is 6.35. The molecule has 120 valence electrons. The maximum Gasteiger partial charge on any atom is 0.268 e. The van der Waals surface area contributed by atoms with Crippen LogP contribution in [-0.2, 0) is 9.63 Å². The summed E-state index contributed by atoms with van der Waals surface area (Å²) in [6, 6.07) is 10.8. The summed E-state index contributed by atoms with van der Waals surface area (Å²) in [7, 11) is 0. The number of carbonyl (C=O) groups is 1. The maximum absolute atomic E-state index is 13.4. The van der Waals surface area contributed by atoms with E-state index in [2.05, 4.69) is 10.5 Å². The Kier molecular flexibility index (Phi) is 5.96. The summed E-state index contributed by atoms with van der Waals surface area (Å²) in [6.07, 6.45) is 0.305. The number of nitrogens with zero attached hydrogens (tertiary/aromatic N) is 1. The number of anilines is 1. The minimum Gasteiger partial charge on any atom is -0.383 e. The molecule has 0 aliphatic rings. The van der Waals surface area contributed by atoms with Gasteiger partial charge in [-0.3, -0.25) is 4.79 Å². The smallest absolute Gasteiger partial charge is 0.268 e. The van der Waals surface area contributed by atoms with Crippen LogP contribution in [0, 0.1) is 5.82 Å². The van der Waals surface area contributed by atoms with Crippen LogP contribution in [-0.4, -0.2) is 18.2 Å². The minimum atomic E-state index is -0.895. The lowest BCUT2D eigenvalue weighted by Crippen LogP contribution is -2.26. The fourth-order valence-corrected chi connectivity index (χ4v) is 1.97. The lowest BCUT2D eigenvalue weighted by atomic mass is 10.2. The van der Waals surface area contributed by atoms with E-state index >= 15 is 0 Å². The number of amides is 1. The molecule has 0 bridgehead atoms. The van der Waals surface area contributed by atoms with Crippen LogP contribution in [0.5, 0.6) is 0 Å². The summed E-state index contributed by atoms with van der Waals surface area (Å²) >= 11 is 11.8. The van der Waals surface area contributed by atoms with Crippen molar-refractivity contribution in [2.45, 2.75) is 13.0 Å². The molecule has 2 aromatic carbocycles. The third kappa shape index (κ3) is 4.94. The monoisotopic (exact) mass is 354 g/mol. The van der Waals surface area contributed by atoms with Gasteiger partial charge in [0.05, 0.1) is 16.9 Å². The number of hydrogen-bond donors (Lipinski definition) is 1. The zero-order chi connectivity index (χ0) is 16.8.